The molecule has 1 aromatic carbocycles. The zero-order valence-electron chi connectivity index (χ0n) is 15.5. The molecule has 2 heterocycles. The molecule has 2 aromatic rings. The summed E-state index contributed by atoms with van der Waals surface area (Å²) in [6.07, 6.45) is 4.64. The van der Waals surface area contributed by atoms with Crippen molar-refractivity contribution in [2.24, 2.45) is 13.0 Å². The lowest BCUT2D eigenvalue weighted by atomic mass is 10.1. The zero-order chi connectivity index (χ0) is 18.7. The predicted molar refractivity (Wildman–Crippen MR) is 105 cm³/mol. The molecule has 1 aliphatic heterocycles. The van der Waals surface area contributed by atoms with Gasteiger partial charge in [-0.15, -0.1) is 0 Å². The van der Waals surface area contributed by atoms with Crippen LogP contribution in [0.5, 0.6) is 0 Å². The molecule has 0 spiro atoms. The number of nitrogens with one attached hydrogen (secondary N) is 2. The number of amides is 1. The predicted octanol–water partition coefficient (Wildman–Crippen LogP) is 2.29. The van der Waals surface area contributed by atoms with Crippen LogP contribution >= 0.6 is 11.6 Å². The van der Waals surface area contributed by atoms with E-state index in [1.807, 2.05) is 25.4 Å². The van der Waals surface area contributed by atoms with Gasteiger partial charge in [0.05, 0.1) is 6.20 Å². The first kappa shape index (κ1) is 18.7. The molecule has 26 heavy (non-hydrogen) atoms. The third-order valence-electron chi connectivity index (χ3n) is 4.97. The summed E-state index contributed by atoms with van der Waals surface area (Å²) in [5.74, 6) is 0.418. The monoisotopic (exact) mass is 375 g/mol. The van der Waals surface area contributed by atoms with Crippen LogP contribution in [0, 0.1) is 12.8 Å². The first-order valence-electron chi connectivity index (χ1n) is 8.92. The van der Waals surface area contributed by atoms with Gasteiger partial charge in [-0.2, -0.15) is 5.10 Å². The highest BCUT2D eigenvalue weighted by Gasteiger charge is 2.26. The van der Waals surface area contributed by atoms with E-state index < -0.39 is 0 Å². The van der Waals surface area contributed by atoms with Crippen molar-refractivity contribution in [2.45, 2.75) is 19.4 Å². The number of hydrogen-bond donors (Lipinski definition) is 2. The van der Waals surface area contributed by atoms with Crippen LogP contribution < -0.4 is 15.5 Å². The summed E-state index contributed by atoms with van der Waals surface area (Å²) in [4.78, 5) is 14.9. The highest BCUT2D eigenvalue weighted by atomic mass is 35.5. The minimum Gasteiger partial charge on any atom is -0.371 e. The largest absolute Gasteiger partial charge is 0.371 e. The van der Waals surface area contributed by atoms with Crippen molar-refractivity contribution >= 4 is 23.2 Å². The second kappa shape index (κ2) is 8.10. The summed E-state index contributed by atoms with van der Waals surface area (Å²) < 4.78 is 1.70. The van der Waals surface area contributed by atoms with E-state index >= 15 is 0 Å². The molecule has 1 fully saturated rings. The Morgan fingerprint density at radius 2 is 2.27 bits per heavy atom. The fraction of sp³-hybridized carbons (Fsp3) is 0.474. The number of likely N-dealkylation sites (N-methyl/N-ethyl adjacent to an activating group) is 1. The Balaban J connectivity index is 1.55. The number of hydrogen-bond acceptors (Lipinski definition) is 4. The molecule has 0 bridgehead atoms. The number of nitrogens with zero attached hydrogens (tertiary/aromatic N) is 3. The van der Waals surface area contributed by atoms with Gasteiger partial charge < -0.3 is 15.5 Å². The van der Waals surface area contributed by atoms with Crippen molar-refractivity contribution in [1.82, 2.24) is 20.4 Å². The molecule has 1 saturated heterocycles. The smallest absolute Gasteiger partial charge is 0.241 e. The Morgan fingerprint density at radius 3 is 2.96 bits per heavy atom. The van der Waals surface area contributed by atoms with Gasteiger partial charge in [0.15, 0.2) is 0 Å². The summed E-state index contributed by atoms with van der Waals surface area (Å²) in [6.45, 7) is 4.69. The first-order chi connectivity index (χ1) is 12.5. The zero-order valence-corrected chi connectivity index (χ0v) is 16.3. The minimum absolute atomic E-state index is 0.0158. The number of aryl methyl sites for hydroxylation is 2. The Morgan fingerprint density at radius 1 is 1.46 bits per heavy atom. The Kier molecular flexibility index (Phi) is 5.84. The lowest BCUT2D eigenvalue weighted by Gasteiger charge is -2.22. The maximum atomic E-state index is 12.5. The molecule has 1 amide bonds. The summed E-state index contributed by atoms with van der Waals surface area (Å²) in [6, 6.07) is 5.62. The van der Waals surface area contributed by atoms with Crippen LogP contribution in [0.25, 0.3) is 0 Å². The average molecular weight is 376 g/mol. The number of halogens is 1. The van der Waals surface area contributed by atoms with Gasteiger partial charge >= 0.3 is 0 Å². The molecule has 1 aromatic heterocycles. The van der Waals surface area contributed by atoms with Crippen LogP contribution in [0.15, 0.2) is 30.6 Å². The fourth-order valence-corrected chi connectivity index (χ4v) is 3.69. The number of carbonyl (C=O) groups is 1. The maximum absolute atomic E-state index is 12.5. The molecule has 2 unspecified atom stereocenters. The quantitative estimate of drug-likeness (QED) is 0.813. The molecule has 0 saturated carbocycles. The van der Waals surface area contributed by atoms with Crippen molar-refractivity contribution in [3.63, 3.8) is 0 Å². The van der Waals surface area contributed by atoms with Crippen LogP contribution in [0.1, 0.15) is 23.6 Å². The molecule has 1 aliphatic rings. The van der Waals surface area contributed by atoms with E-state index in [2.05, 4.69) is 33.6 Å². The number of benzene rings is 1. The Bertz CT molecular complexity index is 775. The van der Waals surface area contributed by atoms with Crippen LogP contribution in [0.3, 0.4) is 0 Å². The molecular formula is C19H26ClN5O. The van der Waals surface area contributed by atoms with Gasteiger partial charge in [0.25, 0.3) is 0 Å². The van der Waals surface area contributed by atoms with Gasteiger partial charge in [-0.25, -0.2) is 0 Å². The van der Waals surface area contributed by atoms with Crippen molar-refractivity contribution in [3.05, 3.63) is 46.7 Å². The third-order valence-corrected chi connectivity index (χ3v) is 5.21. The molecule has 2 N–H and O–H groups in total. The molecule has 3 rings (SSSR count). The van der Waals surface area contributed by atoms with Crippen LogP contribution in [0.2, 0.25) is 5.02 Å². The van der Waals surface area contributed by atoms with Crippen LogP contribution in [-0.2, 0) is 11.8 Å². The van der Waals surface area contributed by atoms with Gasteiger partial charge in [-0.3, -0.25) is 9.48 Å². The van der Waals surface area contributed by atoms with E-state index in [4.69, 9.17) is 11.6 Å². The van der Waals surface area contributed by atoms with Crippen molar-refractivity contribution in [1.29, 1.82) is 0 Å². The molecule has 0 radical (unpaired) electrons. The van der Waals surface area contributed by atoms with Crippen molar-refractivity contribution < 1.29 is 4.79 Å². The van der Waals surface area contributed by atoms with Crippen LogP contribution in [-0.4, -0.2) is 42.4 Å². The van der Waals surface area contributed by atoms with E-state index in [0.717, 1.165) is 30.1 Å². The molecular weight excluding hydrogens is 350 g/mol. The average Bonchev–Trinajstić information content (AvgIpc) is 3.25. The highest BCUT2D eigenvalue weighted by Crippen LogP contribution is 2.29. The van der Waals surface area contributed by atoms with E-state index in [9.17, 15) is 4.79 Å². The second-order valence-electron chi connectivity index (χ2n) is 6.95. The lowest BCUT2D eigenvalue weighted by molar-refractivity contribution is -0.123. The summed E-state index contributed by atoms with van der Waals surface area (Å²) in [5, 5.41) is 11.1. The number of rotatable bonds is 6. The van der Waals surface area contributed by atoms with E-state index in [-0.39, 0.29) is 11.9 Å². The Hall–Kier alpha value is -2.05. The van der Waals surface area contributed by atoms with Crippen molar-refractivity contribution in [2.75, 3.05) is 31.6 Å². The topological polar surface area (TPSA) is 62.2 Å². The second-order valence-corrected chi connectivity index (χ2v) is 7.38. The molecule has 140 valence electrons. The molecule has 6 nitrogen and oxygen atoms in total. The van der Waals surface area contributed by atoms with E-state index in [1.165, 1.54) is 11.3 Å². The minimum atomic E-state index is -0.378. The summed E-state index contributed by atoms with van der Waals surface area (Å²) in [7, 11) is 3.63. The standard InChI is InChI=1S/C19H26ClN5O/c1-13-4-5-16(20)8-17(13)25-7-6-14(11-25)9-22-19(26)18(21-2)15-10-23-24(3)12-15/h4-5,8,10,12,14,18,21H,6-7,9,11H2,1-3H3,(H,22,26). The molecule has 2 atom stereocenters. The number of anilines is 1. The van der Waals surface area contributed by atoms with Gasteiger partial charge in [0, 0.05) is 49.2 Å². The van der Waals surface area contributed by atoms with E-state index in [0.29, 0.717) is 12.5 Å². The molecule has 7 heteroatoms. The molecule has 0 aliphatic carbocycles. The summed E-state index contributed by atoms with van der Waals surface area (Å²) >= 11 is 6.15. The van der Waals surface area contributed by atoms with Gasteiger partial charge in [0.2, 0.25) is 5.91 Å². The van der Waals surface area contributed by atoms with Gasteiger partial charge in [0.1, 0.15) is 6.04 Å². The normalized spacial score (nSPS) is 18.2. The SMILES string of the molecule is CNC(C(=O)NCC1CCN(c2cc(Cl)ccc2C)C1)c1cnn(C)c1. The lowest BCUT2D eigenvalue weighted by Crippen LogP contribution is -2.38. The first-order valence-corrected chi connectivity index (χ1v) is 9.30. The van der Waals surface area contributed by atoms with E-state index in [1.54, 1.807) is 17.9 Å². The maximum Gasteiger partial charge on any atom is 0.241 e. The fourth-order valence-electron chi connectivity index (χ4n) is 3.53. The number of carbonyl (C=O) groups excluding carboxylic acids is 1. The Labute approximate surface area is 159 Å². The van der Waals surface area contributed by atoms with Gasteiger partial charge in [-0.05, 0) is 44.0 Å². The van der Waals surface area contributed by atoms with Crippen LogP contribution in [0.4, 0.5) is 5.69 Å². The number of aromatic nitrogens is 2. The van der Waals surface area contributed by atoms with Gasteiger partial charge in [-0.1, -0.05) is 17.7 Å². The third kappa shape index (κ3) is 4.19. The summed E-state index contributed by atoms with van der Waals surface area (Å²) in [5.41, 5.74) is 3.29. The van der Waals surface area contributed by atoms with Crippen molar-refractivity contribution in [3.8, 4) is 0 Å². The highest BCUT2D eigenvalue weighted by molar-refractivity contribution is 6.30.